The van der Waals surface area contributed by atoms with Crippen LogP contribution in [-0.2, 0) is 14.3 Å². The van der Waals surface area contributed by atoms with Crippen molar-refractivity contribution in [3.05, 3.63) is 18.7 Å². The first-order valence-electron chi connectivity index (χ1n) is 9.29. The molecule has 4 bridgehead atoms. The number of nitrogens with zero attached hydrogens (tertiary/aromatic N) is 2. The number of carbonyl (C=O) groups is 2. The summed E-state index contributed by atoms with van der Waals surface area (Å²) in [6.45, 7) is 2.65. The summed E-state index contributed by atoms with van der Waals surface area (Å²) in [6, 6.07) is 0. The van der Waals surface area contributed by atoms with Gasteiger partial charge in [-0.2, -0.15) is 8.78 Å². The molecular weight excluding hydrogens is 358 g/mol. The van der Waals surface area contributed by atoms with Crippen molar-refractivity contribution in [1.29, 1.82) is 0 Å². The molecule has 8 heteroatoms. The Hall–Kier alpha value is -1.99. The van der Waals surface area contributed by atoms with E-state index in [2.05, 4.69) is 11.9 Å². The SMILES string of the molecule is CC12CC3CC(COC(=O)C(C)(F)F)(C1)CC(OC(=O)n1ccnc1)(C3)C2. The summed E-state index contributed by atoms with van der Waals surface area (Å²) in [5.74, 6) is -4.66. The van der Waals surface area contributed by atoms with Crippen LogP contribution in [0.3, 0.4) is 0 Å². The molecule has 0 N–H and O–H groups in total. The van der Waals surface area contributed by atoms with E-state index in [4.69, 9.17) is 9.47 Å². The van der Waals surface area contributed by atoms with Gasteiger partial charge in [0.2, 0.25) is 0 Å². The average Bonchev–Trinajstić information content (AvgIpc) is 3.03. The molecule has 4 aliphatic rings. The molecule has 27 heavy (non-hydrogen) atoms. The molecule has 4 atom stereocenters. The van der Waals surface area contributed by atoms with Gasteiger partial charge < -0.3 is 9.47 Å². The molecule has 4 saturated carbocycles. The number of aromatic nitrogens is 2. The maximum atomic E-state index is 13.2. The number of rotatable bonds is 4. The van der Waals surface area contributed by atoms with Crippen LogP contribution in [0.4, 0.5) is 13.6 Å². The zero-order valence-corrected chi connectivity index (χ0v) is 15.5. The molecule has 0 amide bonds. The van der Waals surface area contributed by atoms with Crippen molar-refractivity contribution in [2.75, 3.05) is 6.61 Å². The zero-order valence-electron chi connectivity index (χ0n) is 15.5. The van der Waals surface area contributed by atoms with Crippen molar-refractivity contribution < 1.29 is 27.8 Å². The van der Waals surface area contributed by atoms with Crippen molar-refractivity contribution in [3.63, 3.8) is 0 Å². The van der Waals surface area contributed by atoms with Crippen molar-refractivity contribution in [2.24, 2.45) is 16.7 Å². The Balaban J connectivity index is 1.55. The van der Waals surface area contributed by atoms with Gasteiger partial charge in [0.1, 0.15) is 11.9 Å². The summed E-state index contributed by atoms with van der Waals surface area (Å²) in [6.07, 6.45) is 8.64. The Morgan fingerprint density at radius 3 is 2.67 bits per heavy atom. The van der Waals surface area contributed by atoms with Crippen LogP contribution < -0.4 is 0 Å². The zero-order chi connectivity index (χ0) is 19.5. The second kappa shape index (κ2) is 5.75. The van der Waals surface area contributed by atoms with Crippen LogP contribution in [0.15, 0.2) is 18.7 Å². The van der Waals surface area contributed by atoms with Crippen molar-refractivity contribution in [1.82, 2.24) is 9.55 Å². The first-order chi connectivity index (χ1) is 12.5. The summed E-state index contributed by atoms with van der Waals surface area (Å²) in [5.41, 5.74) is -1.10. The number of hydrogen-bond acceptors (Lipinski definition) is 5. The van der Waals surface area contributed by atoms with E-state index in [1.807, 2.05) is 0 Å². The lowest BCUT2D eigenvalue weighted by atomic mass is 9.43. The Labute approximate surface area is 156 Å². The molecule has 0 aromatic carbocycles. The Morgan fingerprint density at radius 2 is 2.04 bits per heavy atom. The Morgan fingerprint density at radius 1 is 1.26 bits per heavy atom. The molecule has 6 nitrogen and oxygen atoms in total. The van der Waals surface area contributed by atoms with Gasteiger partial charge in [-0.1, -0.05) is 6.92 Å². The number of ether oxygens (including phenoxy) is 2. The van der Waals surface area contributed by atoms with Crippen LogP contribution in [0.2, 0.25) is 0 Å². The summed E-state index contributed by atoms with van der Waals surface area (Å²) >= 11 is 0. The fourth-order valence-corrected chi connectivity index (χ4v) is 6.26. The van der Waals surface area contributed by atoms with E-state index in [-0.39, 0.29) is 12.0 Å². The second-order valence-electron chi connectivity index (χ2n) is 9.30. The average molecular weight is 382 g/mol. The molecule has 0 spiro atoms. The fraction of sp³-hybridized carbons (Fsp3) is 0.737. The Kier molecular flexibility index (Phi) is 3.92. The lowest BCUT2D eigenvalue weighted by Gasteiger charge is -2.64. The molecule has 0 saturated heterocycles. The van der Waals surface area contributed by atoms with Gasteiger partial charge in [0, 0.05) is 24.7 Å². The van der Waals surface area contributed by atoms with Crippen LogP contribution in [0, 0.1) is 16.7 Å². The highest BCUT2D eigenvalue weighted by Gasteiger charge is 2.64. The standard InChI is InChI=1S/C19H24F2N2O4/c1-16-5-13-6-18(8-16,11-26-14(24)17(2,20)21)10-19(7-13,9-16)27-15(25)23-4-3-22-12-23/h3-4,12-13H,5-11H2,1-2H3. The van der Waals surface area contributed by atoms with Crippen molar-refractivity contribution in [2.45, 2.75) is 63.9 Å². The van der Waals surface area contributed by atoms with Crippen molar-refractivity contribution in [3.8, 4) is 0 Å². The summed E-state index contributed by atoms with van der Waals surface area (Å²) in [4.78, 5) is 28.0. The highest BCUT2D eigenvalue weighted by Crippen LogP contribution is 2.67. The molecule has 0 radical (unpaired) electrons. The fourth-order valence-electron chi connectivity index (χ4n) is 6.26. The van der Waals surface area contributed by atoms with E-state index in [0.717, 1.165) is 32.1 Å². The van der Waals surface area contributed by atoms with Crippen molar-refractivity contribution >= 4 is 12.1 Å². The Bertz CT molecular complexity index is 762. The quantitative estimate of drug-likeness (QED) is 0.741. The van der Waals surface area contributed by atoms with Gasteiger partial charge in [-0.25, -0.2) is 19.1 Å². The molecule has 4 aliphatic carbocycles. The predicted octanol–water partition coefficient (Wildman–Crippen LogP) is 3.80. The smallest absolute Gasteiger partial charge is 0.419 e. The van der Waals surface area contributed by atoms with Crippen LogP contribution in [0.25, 0.3) is 0 Å². The van der Waals surface area contributed by atoms with Crippen LogP contribution in [0.1, 0.15) is 52.4 Å². The van der Waals surface area contributed by atoms with Gasteiger partial charge in [-0.15, -0.1) is 0 Å². The lowest BCUT2D eigenvalue weighted by molar-refractivity contribution is -0.215. The third-order valence-electron chi connectivity index (χ3n) is 6.30. The second-order valence-corrected chi connectivity index (χ2v) is 9.30. The molecule has 4 unspecified atom stereocenters. The third-order valence-corrected chi connectivity index (χ3v) is 6.30. The van der Waals surface area contributed by atoms with Gasteiger partial charge in [-0.3, -0.25) is 0 Å². The van der Waals surface area contributed by atoms with Crippen LogP contribution in [-0.4, -0.2) is 39.7 Å². The number of hydrogen-bond donors (Lipinski definition) is 0. The number of halogens is 2. The van der Waals surface area contributed by atoms with Gasteiger partial charge in [-0.05, 0) is 49.9 Å². The van der Waals surface area contributed by atoms with E-state index in [1.165, 1.54) is 23.3 Å². The van der Waals surface area contributed by atoms with Crippen LogP contribution >= 0.6 is 0 Å². The first-order valence-corrected chi connectivity index (χ1v) is 9.29. The van der Waals surface area contributed by atoms with Gasteiger partial charge >= 0.3 is 18.0 Å². The maximum absolute atomic E-state index is 13.2. The molecule has 1 aromatic heterocycles. The van der Waals surface area contributed by atoms with E-state index in [0.29, 0.717) is 19.3 Å². The highest BCUT2D eigenvalue weighted by atomic mass is 19.3. The molecular formula is C19H24F2N2O4. The van der Waals surface area contributed by atoms with Gasteiger partial charge in [0.15, 0.2) is 0 Å². The van der Waals surface area contributed by atoms with E-state index >= 15 is 0 Å². The van der Waals surface area contributed by atoms with E-state index < -0.39 is 29.0 Å². The number of imidazole rings is 1. The molecule has 1 aromatic rings. The molecule has 0 aliphatic heterocycles. The highest BCUT2D eigenvalue weighted by molar-refractivity contribution is 5.77. The largest absolute Gasteiger partial charge is 0.461 e. The monoisotopic (exact) mass is 382 g/mol. The van der Waals surface area contributed by atoms with Gasteiger partial charge in [0.25, 0.3) is 0 Å². The van der Waals surface area contributed by atoms with Gasteiger partial charge in [0.05, 0.1) is 6.61 Å². The number of alkyl halides is 2. The van der Waals surface area contributed by atoms with E-state index in [9.17, 15) is 18.4 Å². The minimum atomic E-state index is -3.50. The summed E-state index contributed by atoms with van der Waals surface area (Å²) in [5, 5.41) is 0. The van der Waals surface area contributed by atoms with Crippen LogP contribution in [0.5, 0.6) is 0 Å². The number of carbonyl (C=O) groups excluding carboxylic acids is 2. The minimum Gasteiger partial charge on any atom is -0.461 e. The first kappa shape index (κ1) is 18.4. The molecule has 4 fully saturated rings. The minimum absolute atomic E-state index is 0.0459. The summed E-state index contributed by atoms with van der Waals surface area (Å²) < 4.78 is 38.7. The van der Waals surface area contributed by atoms with E-state index in [1.54, 1.807) is 0 Å². The molecule has 5 rings (SSSR count). The topological polar surface area (TPSA) is 70.4 Å². The molecule has 1 heterocycles. The number of esters is 1. The normalized spacial score (nSPS) is 37.3. The molecule has 148 valence electrons. The summed E-state index contributed by atoms with van der Waals surface area (Å²) in [7, 11) is 0. The lowest BCUT2D eigenvalue weighted by Crippen LogP contribution is -2.62. The third kappa shape index (κ3) is 3.34. The maximum Gasteiger partial charge on any atom is 0.419 e. The predicted molar refractivity (Wildman–Crippen MR) is 90.1 cm³/mol.